The van der Waals surface area contributed by atoms with E-state index in [0.717, 1.165) is 22.3 Å². The molecular weight excluding hydrogens is 470 g/mol. The molecule has 1 N–H and O–H groups in total. The summed E-state index contributed by atoms with van der Waals surface area (Å²) in [6.45, 7) is 5.65. The highest BCUT2D eigenvalue weighted by molar-refractivity contribution is 5.89. The van der Waals surface area contributed by atoms with Gasteiger partial charge in [0, 0.05) is 12.3 Å². The lowest BCUT2D eigenvalue weighted by molar-refractivity contribution is -0.154. The van der Waals surface area contributed by atoms with Crippen LogP contribution in [0.25, 0.3) is 11.1 Å². The molecule has 194 valence electrons. The molecule has 0 saturated heterocycles. The largest absolute Gasteiger partial charge is 0.493 e. The third kappa shape index (κ3) is 5.88. The number of anilines is 1. The van der Waals surface area contributed by atoms with E-state index >= 15 is 0 Å². The number of aryl methyl sites for hydroxylation is 1. The van der Waals surface area contributed by atoms with Crippen LogP contribution in [-0.2, 0) is 20.7 Å². The van der Waals surface area contributed by atoms with Crippen LogP contribution in [0.3, 0.4) is 0 Å². The third-order valence-electron chi connectivity index (χ3n) is 6.22. The molecule has 7 nitrogen and oxygen atoms in total. The van der Waals surface area contributed by atoms with Crippen molar-refractivity contribution in [2.45, 2.75) is 45.1 Å². The summed E-state index contributed by atoms with van der Waals surface area (Å²) in [6.07, 6.45) is -0.132. The molecule has 0 fully saturated rings. The highest BCUT2D eigenvalue weighted by Gasteiger charge is 2.29. The zero-order valence-electron chi connectivity index (χ0n) is 21.9. The maximum Gasteiger partial charge on any atom is 0.411 e. The molecule has 0 spiro atoms. The Labute approximate surface area is 217 Å². The van der Waals surface area contributed by atoms with E-state index in [4.69, 9.17) is 18.9 Å². The highest BCUT2D eigenvalue weighted by Crippen LogP contribution is 2.44. The zero-order chi connectivity index (χ0) is 26.6. The van der Waals surface area contributed by atoms with Gasteiger partial charge < -0.3 is 18.9 Å². The van der Waals surface area contributed by atoms with Gasteiger partial charge in [-0.3, -0.25) is 10.1 Å². The second-order valence-corrected chi connectivity index (χ2v) is 9.87. The van der Waals surface area contributed by atoms with Crippen molar-refractivity contribution in [1.82, 2.24) is 0 Å². The van der Waals surface area contributed by atoms with Crippen LogP contribution in [0, 0.1) is 0 Å². The quantitative estimate of drug-likeness (QED) is 0.361. The first-order valence-corrected chi connectivity index (χ1v) is 12.3. The summed E-state index contributed by atoms with van der Waals surface area (Å²) in [5.41, 5.74) is 5.12. The predicted molar refractivity (Wildman–Crippen MR) is 142 cm³/mol. The number of benzene rings is 3. The molecule has 7 heteroatoms. The van der Waals surface area contributed by atoms with E-state index in [1.807, 2.05) is 45.0 Å². The number of methoxy groups -OCH3 is 2. The van der Waals surface area contributed by atoms with Crippen LogP contribution in [0.5, 0.6) is 11.5 Å². The molecule has 0 unspecified atom stereocenters. The Hall–Kier alpha value is -4.00. The van der Waals surface area contributed by atoms with Gasteiger partial charge in [0.2, 0.25) is 0 Å². The molecule has 1 aliphatic rings. The SMILES string of the molecule is COc1ccc(CCC(=O)OC(C)(C)C)c(NC(=O)OCC2c3ccccc3-c3ccccc32)c1OC. The Kier molecular flexibility index (Phi) is 7.71. The second kappa shape index (κ2) is 10.9. The monoisotopic (exact) mass is 503 g/mol. The van der Waals surface area contributed by atoms with Gasteiger partial charge in [0.05, 0.1) is 19.9 Å². The highest BCUT2D eigenvalue weighted by atomic mass is 16.6. The molecule has 0 heterocycles. The smallest absolute Gasteiger partial charge is 0.411 e. The first kappa shape index (κ1) is 26.1. The van der Waals surface area contributed by atoms with Gasteiger partial charge in [0.1, 0.15) is 12.2 Å². The minimum Gasteiger partial charge on any atom is -0.493 e. The molecule has 1 aliphatic carbocycles. The lowest BCUT2D eigenvalue weighted by atomic mass is 9.98. The Balaban J connectivity index is 1.51. The van der Waals surface area contributed by atoms with Crippen LogP contribution in [-0.4, -0.2) is 38.5 Å². The van der Waals surface area contributed by atoms with Crippen molar-refractivity contribution in [3.8, 4) is 22.6 Å². The number of nitrogens with one attached hydrogen (secondary N) is 1. The Bertz CT molecular complexity index is 1250. The van der Waals surface area contributed by atoms with E-state index in [0.29, 0.717) is 29.2 Å². The fourth-order valence-corrected chi connectivity index (χ4v) is 4.68. The molecule has 0 radical (unpaired) electrons. The predicted octanol–water partition coefficient (Wildman–Crippen LogP) is 6.34. The number of ether oxygens (including phenoxy) is 4. The van der Waals surface area contributed by atoms with Gasteiger partial charge in [0.25, 0.3) is 0 Å². The molecule has 4 rings (SSSR count). The normalized spacial score (nSPS) is 12.4. The van der Waals surface area contributed by atoms with Crippen molar-refractivity contribution in [2.75, 3.05) is 26.1 Å². The molecule has 3 aromatic rings. The maximum atomic E-state index is 13.0. The summed E-state index contributed by atoms with van der Waals surface area (Å²) in [5, 5.41) is 2.83. The molecule has 3 aromatic carbocycles. The van der Waals surface area contributed by atoms with E-state index in [9.17, 15) is 9.59 Å². The molecule has 0 atom stereocenters. The van der Waals surface area contributed by atoms with E-state index < -0.39 is 11.7 Å². The standard InChI is InChI=1S/C30H33NO6/c1-30(2,3)37-26(32)17-15-19-14-16-25(34-4)28(35-5)27(19)31-29(33)36-18-24-22-12-8-6-10-20(22)21-11-7-9-13-23(21)24/h6-14,16,24H,15,17-18H2,1-5H3,(H,31,33). The van der Waals surface area contributed by atoms with Crippen molar-refractivity contribution < 1.29 is 28.5 Å². The Morgan fingerprint density at radius 1 is 0.865 bits per heavy atom. The van der Waals surface area contributed by atoms with E-state index in [-0.39, 0.29) is 24.9 Å². The van der Waals surface area contributed by atoms with Gasteiger partial charge in [-0.05, 0) is 61.1 Å². The van der Waals surface area contributed by atoms with Gasteiger partial charge in [-0.1, -0.05) is 54.6 Å². The van der Waals surface area contributed by atoms with Crippen molar-refractivity contribution in [3.63, 3.8) is 0 Å². The van der Waals surface area contributed by atoms with Gasteiger partial charge in [-0.2, -0.15) is 0 Å². The number of carbonyl (C=O) groups excluding carboxylic acids is 2. The minimum absolute atomic E-state index is 0.0583. The van der Waals surface area contributed by atoms with Crippen molar-refractivity contribution in [2.24, 2.45) is 0 Å². The van der Waals surface area contributed by atoms with Crippen LogP contribution in [0.4, 0.5) is 10.5 Å². The third-order valence-corrected chi connectivity index (χ3v) is 6.22. The van der Waals surface area contributed by atoms with Crippen LogP contribution < -0.4 is 14.8 Å². The summed E-state index contributed by atoms with van der Waals surface area (Å²) in [6, 6.07) is 19.9. The summed E-state index contributed by atoms with van der Waals surface area (Å²) < 4.78 is 22.1. The van der Waals surface area contributed by atoms with Crippen molar-refractivity contribution in [1.29, 1.82) is 0 Å². The van der Waals surface area contributed by atoms with Crippen LogP contribution in [0.15, 0.2) is 60.7 Å². The number of fused-ring (bicyclic) bond motifs is 3. The molecule has 0 aliphatic heterocycles. The fourth-order valence-electron chi connectivity index (χ4n) is 4.68. The van der Waals surface area contributed by atoms with Gasteiger partial charge in [0.15, 0.2) is 11.5 Å². The van der Waals surface area contributed by atoms with E-state index in [2.05, 4.69) is 29.6 Å². The minimum atomic E-state index is -0.619. The zero-order valence-corrected chi connectivity index (χ0v) is 21.9. The fraction of sp³-hybridized carbons (Fsp3) is 0.333. The molecule has 37 heavy (non-hydrogen) atoms. The van der Waals surface area contributed by atoms with Crippen molar-refractivity contribution >= 4 is 17.7 Å². The number of carbonyl (C=O) groups is 2. The van der Waals surface area contributed by atoms with Crippen LogP contribution in [0.1, 0.15) is 49.8 Å². The number of hydrogen-bond acceptors (Lipinski definition) is 6. The second-order valence-electron chi connectivity index (χ2n) is 9.87. The van der Waals surface area contributed by atoms with Gasteiger partial charge in [-0.15, -0.1) is 0 Å². The lowest BCUT2D eigenvalue weighted by Crippen LogP contribution is -2.24. The first-order chi connectivity index (χ1) is 17.7. The molecule has 1 amide bonds. The first-order valence-electron chi connectivity index (χ1n) is 12.3. The summed E-state index contributed by atoms with van der Waals surface area (Å²) >= 11 is 0. The lowest BCUT2D eigenvalue weighted by Gasteiger charge is -2.21. The van der Waals surface area contributed by atoms with E-state index in [1.165, 1.54) is 14.2 Å². The van der Waals surface area contributed by atoms with Crippen molar-refractivity contribution in [3.05, 3.63) is 77.4 Å². The number of amides is 1. The topological polar surface area (TPSA) is 83.1 Å². The summed E-state index contributed by atoms with van der Waals surface area (Å²) in [7, 11) is 3.02. The van der Waals surface area contributed by atoms with Gasteiger partial charge >= 0.3 is 12.1 Å². The molecule has 0 saturated carbocycles. The molecular formula is C30H33NO6. The average molecular weight is 504 g/mol. The average Bonchev–Trinajstić information content (AvgIpc) is 3.19. The van der Waals surface area contributed by atoms with Crippen LogP contribution in [0.2, 0.25) is 0 Å². The Morgan fingerprint density at radius 2 is 1.49 bits per heavy atom. The molecule has 0 bridgehead atoms. The Morgan fingerprint density at radius 3 is 2.05 bits per heavy atom. The number of esters is 1. The van der Waals surface area contributed by atoms with E-state index in [1.54, 1.807) is 12.1 Å². The molecule has 0 aromatic heterocycles. The summed E-state index contributed by atoms with van der Waals surface area (Å²) in [4.78, 5) is 25.3. The maximum absolute atomic E-state index is 13.0. The number of hydrogen-bond donors (Lipinski definition) is 1. The summed E-state index contributed by atoms with van der Waals surface area (Å²) in [5.74, 6) is 0.432. The van der Waals surface area contributed by atoms with Crippen LogP contribution >= 0.6 is 0 Å². The van der Waals surface area contributed by atoms with Gasteiger partial charge in [-0.25, -0.2) is 4.79 Å². The number of rotatable bonds is 8.